The van der Waals surface area contributed by atoms with Crippen LogP contribution in [-0.4, -0.2) is 33.0 Å². The summed E-state index contributed by atoms with van der Waals surface area (Å²) in [7, 11) is -3.80. The van der Waals surface area contributed by atoms with Gasteiger partial charge in [0.05, 0.1) is 17.1 Å². The Kier molecular flexibility index (Phi) is 4.67. The molecule has 0 spiro atoms. The van der Waals surface area contributed by atoms with Crippen LogP contribution in [0.4, 0.5) is 5.69 Å². The van der Waals surface area contributed by atoms with Crippen molar-refractivity contribution in [2.24, 2.45) is 0 Å². The highest BCUT2D eigenvalue weighted by Crippen LogP contribution is 2.36. The molecule has 0 fully saturated rings. The quantitative estimate of drug-likeness (QED) is 0.907. The molecular formula is C18H20N2O4S. The van der Waals surface area contributed by atoms with Crippen molar-refractivity contribution in [3.63, 3.8) is 0 Å². The number of sulfonamides is 1. The summed E-state index contributed by atoms with van der Waals surface area (Å²) in [5.74, 6) is 0.0370. The van der Waals surface area contributed by atoms with Gasteiger partial charge >= 0.3 is 0 Å². The molecule has 1 aliphatic heterocycles. The van der Waals surface area contributed by atoms with E-state index < -0.39 is 16.1 Å². The molecule has 1 unspecified atom stereocenters. The topological polar surface area (TPSA) is 75.7 Å². The monoisotopic (exact) mass is 360 g/mol. The molecule has 0 aromatic heterocycles. The van der Waals surface area contributed by atoms with E-state index in [1.54, 1.807) is 42.5 Å². The highest BCUT2D eigenvalue weighted by molar-refractivity contribution is 7.92. The van der Waals surface area contributed by atoms with Gasteiger partial charge in [-0.1, -0.05) is 30.3 Å². The third-order valence-corrected chi connectivity index (χ3v) is 5.58. The largest absolute Gasteiger partial charge is 0.476 e. The number of carbonyl (C=O) groups excluding carboxylic acids is 1. The van der Waals surface area contributed by atoms with Crippen molar-refractivity contribution < 1.29 is 17.9 Å². The molecule has 1 heterocycles. The molecule has 6 nitrogen and oxygen atoms in total. The first-order chi connectivity index (χ1) is 11.9. The lowest BCUT2D eigenvalue weighted by Gasteiger charge is -2.35. The molecule has 0 saturated heterocycles. The number of hydrogen-bond acceptors (Lipinski definition) is 4. The minimum Gasteiger partial charge on any atom is -0.476 e. The number of amides is 1. The second kappa shape index (κ2) is 6.76. The number of rotatable bonds is 4. The SMILES string of the molecule is CC(C)NC(=O)C1CN(S(=O)(=O)c2ccccc2)c2ccccc2O1. The molecule has 1 aliphatic rings. The Morgan fingerprint density at radius 3 is 2.44 bits per heavy atom. The van der Waals surface area contributed by atoms with Crippen LogP contribution in [0.25, 0.3) is 0 Å². The van der Waals surface area contributed by atoms with Gasteiger partial charge in [0.25, 0.3) is 15.9 Å². The summed E-state index contributed by atoms with van der Waals surface area (Å²) < 4.78 is 33.1. The van der Waals surface area contributed by atoms with Crippen LogP contribution in [-0.2, 0) is 14.8 Å². The first kappa shape index (κ1) is 17.3. The van der Waals surface area contributed by atoms with Crippen molar-refractivity contribution in [2.75, 3.05) is 10.8 Å². The third kappa shape index (κ3) is 3.46. The fraction of sp³-hybridized carbons (Fsp3) is 0.278. The number of hydrogen-bond donors (Lipinski definition) is 1. The van der Waals surface area contributed by atoms with Crippen LogP contribution < -0.4 is 14.4 Å². The van der Waals surface area contributed by atoms with Crippen LogP contribution in [0.1, 0.15) is 13.8 Å². The fourth-order valence-corrected chi connectivity index (χ4v) is 4.16. The molecule has 2 aromatic rings. The van der Waals surface area contributed by atoms with Crippen LogP contribution in [0.5, 0.6) is 5.75 Å². The number of nitrogens with zero attached hydrogens (tertiary/aromatic N) is 1. The van der Waals surface area contributed by atoms with Crippen molar-refractivity contribution in [1.82, 2.24) is 5.32 Å². The van der Waals surface area contributed by atoms with Gasteiger partial charge in [0.15, 0.2) is 6.10 Å². The zero-order chi connectivity index (χ0) is 18.0. The van der Waals surface area contributed by atoms with Gasteiger partial charge in [-0.15, -0.1) is 0 Å². The molecule has 1 N–H and O–H groups in total. The predicted molar refractivity (Wildman–Crippen MR) is 95.1 cm³/mol. The maximum Gasteiger partial charge on any atom is 0.264 e. The molecule has 132 valence electrons. The Balaban J connectivity index is 2.01. The van der Waals surface area contributed by atoms with E-state index in [0.29, 0.717) is 11.4 Å². The molecule has 0 aliphatic carbocycles. The molecule has 1 atom stereocenters. The lowest BCUT2D eigenvalue weighted by atomic mass is 10.2. The van der Waals surface area contributed by atoms with E-state index in [-0.39, 0.29) is 23.4 Å². The number of benzene rings is 2. The van der Waals surface area contributed by atoms with Gasteiger partial charge in [-0.3, -0.25) is 9.10 Å². The van der Waals surface area contributed by atoms with E-state index in [1.165, 1.54) is 16.4 Å². The maximum atomic E-state index is 13.1. The van der Waals surface area contributed by atoms with Crippen LogP contribution in [0.2, 0.25) is 0 Å². The third-order valence-electron chi connectivity index (χ3n) is 3.79. The molecule has 0 radical (unpaired) electrons. The van der Waals surface area contributed by atoms with Gasteiger partial charge in [0.1, 0.15) is 5.75 Å². The Hall–Kier alpha value is -2.54. The molecule has 25 heavy (non-hydrogen) atoms. The first-order valence-electron chi connectivity index (χ1n) is 8.03. The molecule has 0 bridgehead atoms. The smallest absolute Gasteiger partial charge is 0.264 e. The van der Waals surface area contributed by atoms with E-state index >= 15 is 0 Å². The Morgan fingerprint density at radius 1 is 1.12 bits per heavy atom. The van der Waals surface area contributed by atoms with Gasteiger partial charge in [-0.05, 0) is 38.1 Å². The average Bonchev–Trinajstić information content (AvgIpc) is 2.61. The standard InChI is InChI=1S/C18H20N2O4S/c1-13(2)19-18(21)17-12-20(15-10-6-7-11-16(15)24-17)25(22,23)14-8-4-3-5-9-14/h3-11,13,17H,12H2,1-2H3,(H,19,21). The van der Waals surface area contributed by atoms with Crippen LogP contribution in [0.3, 0.4) is 0 Å². The zero-order valence-electron chi connectivity index (χ0n) is 14.0. The minimum atomic E-state index is -3.80. The van der Waals surface area contributed by atoms with E-state index in [0.717, 1.165) is 0 Å². The average molecular weight is 360 g/mol. The summed E-state index contributed by atoms with van der Waals surface area (Å²) in [5.41, 5.74) is 0.431. The lowest BCUT2D eigenvalue weighted by Crippen LogP contribution is -2.51. The number of ether oxygens (including phenoxy) is 1. The van der Waals surface area contributed by atoms with Crippen molar-refractivity contribution in [1.29, 1.82) is 0 Å². The molecule has 7 heteroatoms. The molecule has 0 saturated carbocycles. The van der Waals surface area contributed by atoms with Crippen LogP contribution >= 0.6 is 0 Å². The van der Waals surface area contributed by atoms with Gasteiger partial charge in [-0.2, -0.15) is 0 Å². The first-order valence-corrected chi connectivity index (χ1v) is 9.47. The Labute approximate surface area is 147 Å². The number of fused-ring (bicyclic) bond motifs is 1. The number of anilines is 1. The van der Waals surface area contributed by atoms with Crippen LogP contribution in [0, 0.1) is 0 Å². The second-order valence-electron chi connectivity index (χ2n) is 6.09. The molecule has 2 aromatic carbocycles. The van der Waals surface area contributed by atoms with E-state index in [2.05, 4.69) is 5.32 Å². The Morgan fingerprint density at radius 2 is 1.76 bits per heavy atom. The van der Waals surface area contributed by atoms with E-state index in [9.17, 15) is 13.2 Å². The normalized spacial score (nSPS) is 16.9. The summed E-state index contributed by atoms with van der Waals surface area (Å²) in [6.45, 7) is 3.60. The van der Waals surface area contributed by atoms with Gasteiger partial charge in [0.2, 0.25) is 0 Å². The van der Waals surface area contributed by atoms with E-state index in [1.807, 2.05) is 13.8 Å². The van der Waals surface area contributed by atoms with E-state index in [4.69, 9.17) is 4.74 Å². The second-order valence-corrected chi connectivity index (χ2v) is 7.95. The zero-order valence-corrected chi connectivity index (χ0v) is 14.9. The molecule has 3 rings (SSSR count). The Bertz CT molecular complexity index is 866. The number of para-hydroxylation sites is 2. The van der Waals surface area contributed by atoms with Crippen molar-refractivity contribution in [2.45, 2.75) is 30.9 Å². The summed E-state index contributed by atoms with van der Waals surface area (Å²) in [6, 6.07) is 14.9. The summed E-state index contributed by atoms with van der Waals surface area (Å²) in [4.78, 5) is 12.5. The van der Waals surface area contributed by atoms with Crippen LogP contribution in [0.15, 0.2) is 59.5 Å². The number of carbonyl (C=O) groups is 1. The minimum absolute atomic E-state index is 0.0625. The van der Waals surface area contributed by atoms with Gasteiger partial charge in [0, 0.05) is 6.04 Å². The highest BCUT2D eigenvalue weighted by atomic mass is 32.2. The summed E-state index contributed by atoms with van der Waals surface area (Å²) >= 11 is 0. The van der Waals surface area contributed by atoms with Crippen molar-refractivity contribution >= 4 is 21.6 Å². The summed E-state index contributed by atoms with van der Waals surface area (Å²) in [6.07, 6.45) is -0.907. The maximum absolute atomic E-state index is 13.1. The molecular weight excluding hydrogens is 340 g/mol. The van der Waals surface area contributed by atoms with Crippen molar-refractivity contribution in [3.8, 4) is 5.75 Å². The van der Waals surface area contributed by atoms with Gasteiger partial charge in [-0.25, -0.2) is 8.42 Å². The predicted octanol–water partition coefficient (Wildman–Crippen LogP) is 2.17. The van der Waals surface area contributed by atoms with Crippen molar-refractivity contribution in [3.05, 3.63) is 54.6 Å². The fourth-order valence-electron chi connectivity index (χ4n) is 2.66. The van der Waals surface area contributed by atoms with Gasteiger partial charge < -0.3 is 10.1 Å². The molecule has 1 amide bonds. The lowest BCUT2D eigenvalue weighted by molar-refractivity contribution is -0.128. The number of nitrogens with one attached hydrogen (secondary N) is 1. The highest BCUT2D eigenvalue weighted by Gasteiger charge is 2.37. The summed E-state index contributed by atoms with van der Waals surface area (Å²) in [5, 5.41) is 2.77.